The fourth-order valence-electron chi connectivity index (χ4n) is 3.45. The summed E-state index contributed by atoms with van der Waals surface area (Å²) in [6.07, 6.45) is 11.3. The highest BCUT2D eigenvalue weighted by Crippen LogP contribution is 2.32. The molecule has 1 aliphatic heterocycles. The van der Waals surface area contributed by atoms with Gasteiger partial charge in [-0.3, -0.25) is 0 Å². The van der Waals surface area contributed by atoms with Gasteiger partial charge in [-0.2, -0.15) is 0 Å². The van der Waals surface area contributed by atoms with Crippen LogP contribution in [0.2, 0.25) is 0 Å². The van der Waals surface area contributed by atoms with Gasteiger partial charge >= 0.3 is 0 Å². The third-order valence-electron chi connectivity index (χ3n) is 4.78. The molecule has 19 heavy (non-hydrogen) atoms. The van der Waals surface area contributed by atoms with E-state index < -0.39 is 0 Å². The SMILES string of the molecule is c1ccc(CCCC2CCCCN2CC2CC2)cc1. The molecular formula is C18H27N. The van der Waals surface area contributed by atoms with Crippen LogP contribution >= 0.6 is 0 Å². The number of aryl methyl sites for hydroxylation is 1. The molecule has 0 spiro atoms. The van der Waals surface area contributed by atoms with Crippen molar-refractivity contribution >= 4 is 0 Å². The van der Waals surface area contributed by atoms with Gasteiger partial charge in [-0.1, -0.05) is 36.8 Å². The summed E-state index contributed by atoms with van der Waals surface area (Å²) in [6.45, 7) is 2.77. The summed E-state index contributed by atoms with van der Waals surface area (Å²) in [5.74, 6) is 1.05. The molecule has 1 aromatic rings. The third-order valence-corrected chi connectivity index (χ3v) is 4.78. The molecule has 1 aliphatic carbocycles. The monoisotopic (exact) mass is 257 g/mol. The molecule has 2 fully saturated rings. The average molecular weight is 257 g/mol. The molecule has 1 saturated heterocycles. The van der Waals surface area contributed by atoms with Gasteiger partial charge in [0.1, 0.15) is 0 Å². The van der Waals surface area contributed by atoms with Crippen LogP contribution in [0.15, 0.2) is 30.3 Å². The smallest absolute Gasteiger partial charge is 0.00954 e. The highest BCUT2D eigenvalue weighted by atomic mass is 15.2. The van der Waals surface area contributed by atoms with E-state index >= 15 is 0 Å². The van der Waals surface area contributed by atoms with Crippen LogP contribution < -0.4 is 0 Å². The van der Waals surface area contributed by atoms with Crippen molar-refractivity contribution in [3.63, 3.8) is 0 Å². The second-order valence-electron chi connectivity index (χ2n) is 6.47. The van der Waals surface area contributed by atoms with E-state index in [2.05, 4.69) is 35.2 Å². The van der Waals surface area contributed by atoms with Crippen molar-refractivity contribution in [2.24, 2.45) is 5.92 Å². The van der Waals surface area contributed by atoms with Crippen molar-refractivity contribution in [3.8, 4) is 0 Å². The molecule has 2 aliphatic rings. The van der Waals surface area contributed by atoms with Crippen molar-refractivity contribution in [1.82, 2.24) is 4.90 Å². The Labute approximate surface area is 118 Å². The Morgan fingerprint density at radius 1 is 1.00 bits per heavy atom. The molecule has 1 heterocycles. The molecule has 104 valence electrons. The standard InChI is InChI=1S/C18H27N/c1-2-7-16(8-3-1)9-6-11-18-10-4-5-14-19(18)15-17-12-13-17/h1-3,7-8,17-18H,4-6,9-15H2. The van der Waals surface area contributed by atoms with E-state index in [1.165, 1.54) is 70.0 Å². The van der Waals surface area contributed by atoms with Crippen LogP contribution in [-0.2, 0) is 6.42 Å². The van der Waals surface area contributed by atoms with Crippen molar-refractivity contribution < 1.29 is 0 Å². The minimum absolute atomic E-state index is 0.887. The van der Waals surface area contributed by atoms with Gasteiger partial charge in [0, 0.05) is 12.6 Å². The van der Waals surface area contributed by atoms with Crippen molar-refractivity contribution in [2.75, 3.05) is 13.1 Å². The Bertz CT molecular complexity index is 369. The second-order valence-corrected chi connectivity index (χ2v) is 6.47. The molecule has 1 unspecified atom stereocenters. The van der Waals surface area contributed by atoms with Crippen LogP contribution in [0.3, 0.4) is 0 Å². The van der Waals surface area contributed by atoms with E-state index in [0.29, 0.717) is 0 Å². The predicted octanol–water partition coefficient (Wildman–Crippen LogP) is 4.27. The van der Waals surface area contributed by atoms with Crippen LogP contribution in [-0.4, -0.2) is 24.0 Å². The van der Waals surface area contributed by atoms with Crippen LogP contribution in [0.5, 0.6) is 0 Å². The summed E-state index contributed by atoms with van der Waals surface area (Å²) in [6, 6.07) is 11.9. The fraction of sp³-hybridized carbons (Fsp3) is 0.667. The zero-order chi connectivity index (χ0) is 12.9. The van der Waals surface area contributed by atoms with Crippen LogP contribution in [0.1, 0.15) is 50.5 Å². The lowest BCUT2D eigenvalue weighted by Crippen LogP contribution is -2.40. The van der Waals surface area contributed by atoms with E-state index in [1.54, 1.807) is 0 Å². The first kappa shape index (κ1) is 13.2. The molecule has 0 N–H and O–H groups in total. The Morgan fingerprint density at radius 2 is 1.84 bits per heavy atom. The Balaban J connectivity index is 1.44. The number of rotatable bonds is 6. The highest BCUT2D eigenvalue weighted by molar-refractivity contribution is 5.14. The van der Waals surface area contributed by atoms with Gasteiger partial charge < -0.3 is 4.90 Å². The van der Waals surface area contributed by atoms with Gasteiger partial charge in [0.2, 0.25) is 0 Å². The summed E-state index contributed by atoms with van der Waals surface area (Å²) >= 11 is 0. The zero-order valence-corrected chi connectivity index (χ0v) is 12.1. The molecule has 0 radical (unpaired) electrons. The molecule has 1 atom stereocenters. The Kier molecular flexibility index (Phi) is 4.55. The normalized spacial score (nSPS) is 24.5. The zero-order valence-electron chi connectivity index (χ0n) is 12.1. The average Bonchev–Trinajstić information content (AvgIpc) is 3.26. The molecule has 3 rings (SSSR count). The highest BCUT2D eigenvalue weighted by Gasteiger charge is 2.29. The summed E-state index contributed by atoms with van der Waals surface area (Å²) in [4.78, 5) is 2.81. The van der Waals surface area contributed by atoms with Gasteiger partial charge in [-0.15, -0.1) is 0 Å². The van der Waals surface area contributed by atoms with Gasteiger partial charge in [0.05, 0.1) is 0 Å². The minimum atomic E-state index is 0.887. The van der Waals surface area contributed by atoms with Crippen LogP contribution in [0.25, 0.3) is 0 Å². The molecule has 0 bridgehead atoms. The van der Waals surface area contributed by atoms with Crippen molar-refractivity contribution in [1.29, 1.82) is 0 Å². The summed E-state index contributed by atoms with van der Waals surface area (Å²) in [7, 11) is 0. The molecule has 1 aromatic carbocycles. The lowest BCUT2D eigenvalue weighted by molar-refractivity contribution is 0.132. The maximum absolute atomic E-state index is 2.81. The topological polar surface area (TPSA) is 3.24 Å². The van der Waals surface area contributed by atoms with E-state index in [9.17, 15) is 0 Å². The lowest BCUT2D eigenvalue weighted by atomic mass is 9.95. The van der Waals surface area contributed by atoms with Gasteiger partial charge in [-0.05, 0) is 63.0 Å². The molecular weight excluding hydrogens is 230 g/mol. The summed E-state index contributed by atoms with van der Waals surface area (Å²) < 4.78 is 0. The van der Waals surface area contributed by atoms with Gasteiger partial charge in [-0.25, -0.2) is 0 Å². The number of piperidine rings is 1. The largest absolute Gasteiger partial charge is 0.300 e. The summed E-state index contributed by atoms with van der Waals surface area (Å²) in [5.41, 5.74) is 1.51. The minimum Gasteiger partial charge on any atom is -0.300 e. The maximum atomic E-state index is 2.81. The molecule has 1 saturated carbocycles. The predicted molar refractivity (Wildman–Crippen MR) is 81.3 cm³/mol. The van der Waals surface area contributed by atoms with Crippen molar-refractivity contribution in [3.05, 3.63) is 35.9 Å². The van der Waals surface area contributed by atoms with Gasteiger partial charge in [0.15, 0.2) is 0 Å². The van der Waals surface area contributed by atoms with Crippen molar-refractivity contribution in [2.45, 2.75) is 57.4 Å². The Morgan fingerprint density at radius 3 is 2.63 bits per heavy atom. The molecule has 0 amide bonds. The quantitative estimate of drug-likeness (QED) is 0.735. The molecule has 1 heteroatoms. The number of hydrogen-bond donors (Lipinski definition) is 0. The lowest BCUT2D eigenvalue weighted by Gasteiger charge is -2.36. The maximum Gasteiger partial charge on any atom is 0.00954 e. The number of likely N-dealkylation sites (tertiary alicyclic amines) is 1. The third kappa shape index (κ3) is 4.07. The molecule has 0 aromatic heterocycles. The van der Waals surface area contributed by atoms with Crippen LogP contribution in [0.4, 0.5) is 0 Å². The second kappa shape index (κ2) is 6.56. The first-order valence-corrected chi connectivity index (χ1v) is 8.20. The summed E-state index contributed by atoms with van der Waals surface area (Å²) in [5, 5.41) is 0. The van der Waals surface area contributed by atoms with E-state index in [-0.39, 0.29) is 0 Å². The fourth-order valence-corrected chi connectivity index (χ4v) is 3.45. The first-order chi connectivity index (χ1) is 9.42. The molecule has 1 nitrogen and oxygen atoms in total. The van der Waals surface area contributed by atoms with E-state index in [0.717, 1.165) is 12.0 Å². The number of benzene rings is 1. The Hall–Kier alpha value is -0.820. The number of hydrogen-bond acceptors (Lipinski definition) is 1. The number of nitrogens with zero attached hydrogens (tertiary/aromatic N) is 1. The van der Waals surface area contributed by atoms with E-state index in [1.807, 2.05) is 0 Å². The van der Waals surface area contributed by atoms with Gasteiger partial charge in [0.25, 0.3) is 0 Å². The van der Waals surface area contributed by atoms with Crippen LogP contribution in [0, 0.1) is 5.92 Å². The van der Waals surface area contributed by atoms with E-state index in [4.69, 9.17) is 0 Å². The first-order valence-electron chi connectivity index (χ1n) is 8.20.